The Kier molecular flexibility index (Phi) is 6.15. The molecule has 1 aliphatic rings. The van der Waals surface area contributed by atoms with Gasteiger partial charge in [0.25, 0.3) is 0 Å². The second-order valence-corrected chi connectivity index (χ2v) is 8.78. The standard InChI is InChI=1S/C20H23N5O2S2/c1-24-18(14-8-4-5-9-16(14)27-2)22-23-20(24)28-13-15(26)17-12-21-19(29-17)25-10-6-3-7-11-25/h4-5,8-9,12H,3,6-7,10-11,13H2,1-2H3. The molecule has 1 aliphatic heterocycles. The Balaban J connectivity index is 1.42. The minimum absolute atomic E-state index is 0.0672. The summed E-state index contributed by atoms with van der Waals surface area (Å²) in [6.07, 6.45) is 5.37. The lowest BCUT2D eigenvalue weighted by atomic mass is 10.1. The molecule has 0 amide bonds. The summed E-state index contributed by atoms with van der Waals surface area (Å²) in [7, 11) is 3.53. The number of hydrogen-bond donors (Lipinski definition) is 0. The molecule has 0 atom stereocenters. The normalized spacial score (nSPS) is 14.2. The highest BCUT2D eigenvalue weighted by Gasteiger charge is 2.19. The number of ketones is 1. The van der Waals surface area contributed by atoms with Crippen molar-refractivity contribution < 1.29 is 9.53 Å². The summed E-state index contributed by atoms with van der Waals surface area (Å²) in [5, 5.41) is 10.2. The molecule has 3 heterocycles. The molecule has 0 spiro atoms. The summed E-state index contributed by atoms with van der Waals surface area (Å²) in [5.74, 6) is 1.82. The van der Waals surface area contributed by atoms with Crippen molar-refractivity contribution in [3.05, 3.63) is 35.3 Å². The maximum absolute atomic E-state index is 12.7. The molecule has 1 aromatic carbocycles. The van der Waals surface area contributed by atoms with Gasteiger partial charge in [-0.05, 0) is 31.4 Å². The van der Waals surface area contributed by atoms with E-state index in [0.717, 1.165) is 29.5 Å². The number of carbonyl (C=O) groups excluding carboxylic acids is 1. The molecule has 1 fully saturated rings. The van der Waals surface area contributed by atoms with Crippen LogP contribution < -0.4 is 9.64 Å². The van der Waals surface area contributed by atoms with Crippen LogP contribution in [0.4, 0.5) is 5.13 Å². The van der Waals surface area contributed by atoms with Crippen LogP contribution >= 0.6 is 23.1 Å². The number of aromatic nitrogens is 4. The van der Waals surface area contributed by atoms with Gasteiger partial charge in [-0.25, -0.2) is 4.98 Å². The first-order valence-electron chi connectivity index (χ1n) is 9.57. The molecule has 3 aromatic rings. The molecule has 0 aliphatic carbocycles. The lowest BCUT2D eigenvalue weighted by molar-refractivity contribution is 0.102. The minimum atomic E-state index is 0.0672. The maximum atomic E-state index is 12.7. The lowest BCUT2D eigenvalue weighted by Crippen LogP contribution is -2.29. The van der Waals surface area contributed by atoms with Crippen molar-refractivity contribution in [3.63, 3.8) is 0 Å². The average molecular weight is 430 g/mol. The first-order chi connectivity index (χ1) is 14.2. The molecule has 7 nitrogen and oxygen atoms in total. The second kappa shape index (κ2) is 8.96. The Morgan fingerprint density at radius 2 is 2.00 bits per heavy atom. The molecular formula is C20H23N5O2S2. The number of nitrogens with zero attached hydrogens (tertiary/aromatic N) is 5. The highest BCUT2D eigenvalue weighted by Crippen LogP contribution is 2.31. The Hall–Kier alpha value is -2.39. The smallest absolute Gasteiger partial charge is 0.191 e. The van der Waals surface area contributed by atoms with E-state index in [4.69, 9.17) is 4.74 Å². The van der Waals surface area contributed by atoms with E-state index in [9.17, 15) is 4.79 Å². The molecule has 0 bridgehead atoms. The lowest BCUT2D eigenvalue weighted by Gasteiger charge is -2.25. The van der Waals surface area contributed by atoms with Crippen molar-refractivity contribution in [1.82, 2.24) is 19.7 Å². The predicted octanol–water partition coefficient (Wildman–Crippen LogP) is 3.91. The Bertz CT molecular complexity index is 994. The molecule has 0 unspecified atom stereocenters. The zero-order valence-corrected chi connectivity index (χ0v) is 18.1. The van der Waals surface area contributed by atoms with Gasteiger partial charge in [-0.1, -0.05) is 35.2 Å². The number of Topliss-reactive ketones (excluding diaryl/α,β-unsaturated/α-hetero) is 1. The van der Waals surface area contributed by atoms with Crippen LogP contribution in [0.15, 0.2) is 35.6 Å². The van der Waals surface area contributed by atoms with Crippen molar-refractivity contribution >= 4 is 34.0 Å². The number of thiazole rings is 1. The molecule has 29 heavy (non-hydrogen) atoms. The third kappa shape index (κ3) is 4.30. The summed E-state index contributed by atoms with van der Waals surface area (Å²) in [4.78, 5) is 20.1. The average Bonchev–Trinajstić information content (AvgIpc) is 3.40. The molecule has 0 radical (unpaired) electrons. The van der Waals surface area contributed by atoms with E-state index in [0.29, 0.717) is 21.6 Å². The van der Waals surface area contributed by atoms with E-state index < -0.39 is 0 Å². The van der Waals surface area contributed by atoms with Crippen LogP contribution in [0.1, 0.15) is 28.9 Å². The summed E-state index contributed by atoms with van der Waals surface area (Å²) in [5.41, 5.74) is 0.872. The van der Waals surface area contributed by atoms with Crippen LogP contribution in [0, 0.1) is 0 Å². The fourth-order valence-electron chi connectivity index (χ4n) is 3.33. The van der Waals surface area contributed by atoms with Gasteiger partial charge in [0.15, 0.2) is 21.9 Å². The molecule has 152 valence electrons. The Morgan fingerprint density at radius 1 is 1.21 bits per heavy atom. The highest BCUT2D eigenvalue weighted by atomic mass is 32.2. The van der Waals surface area contributed by atoms with Crippen molar-refractivity contribution in [2.45, 2.75) is 24.4 Å². The SMILES string of the molecule is COc1ccccc1-c1nnc(SCC(=O)c2cnc(N3CCCCC3)s2)n1C. The first-order valence-corrected chi connectivity index (χ1v) is 11.4. The quantitative estimate of drug-likeness (QED) is 0.416. The molecule has 9 heteroatoms. The van der Waals surface area contributed by atoms with Crippen LogP contribution in [0.2, 0.25) is 0 Å². The third-order valence-electron chi connectivity index (χ3n) is 4.91. The highest BCUT2D eigenvalue weighted by molar-refractivity contribution is 7.99. The van der Waals surface area contributed by atoms with Gasteiger partial charge >= 0.3 is 0 Å². The fourth-order valence-corrected chi connectivity index (χ4v) is 5.12. The molecule has 0 saturated carbocycles. The summed E-state index contributed by atoms with van der Waals surface area (Å²) >= 11 is 2.87. The molecule has 1 saturated heterocycles. The van der Waals surface area contributed by atoms with Gasteiger partial charge in [0.1, 0.15) is 5.75 Å². The van der Waals surface area contributed by atoms with Gasteiger partial charge in [-0.2, -0.15) is 0 Å². The molecule has 2 aromatic heterocycles. The summed E-state index contributed by atoms with van der Waals surface area (Å²) < 4.78 is 7.31. The number of benzene rings is 1. The Labute approximate surface area is 178 Å². The van der Waals surface area contributed by atoms with Crippen LogP contribution in [-0.2, 0) is 7.05 Å². The Morgan fingerprint density at radius 3 is 2.79 bits per heavy atom. The van der Waals surface area contributed by atoms with Crippen LogP contribution in [0.25, 0.3) is 11.4 Å². The summed E-state index contributed by atoms with van der Waals surface area (Å²) in [6.45, 7) is 2.06. The number of rotatable bonds is 7. The van der Waals surface area contributed by atoms with Crippen LogP contribution in [-0.4, -0.2) is 51.5 Å². The fraction of sp³-hybridized carbons (Fsp3) is 0.400. The number of para-hydroxylation sites is 1. The van der Waals surface area contributed by atoms with E-state index in [1.807, 2.05) is 35.9 Å². The third-order valence-corrected chi connectivity index (χ3v) is 7.03. The van der Waals surface area contributed by atoms with Crippen molar-refractivity contribution in [1.29, 1.82) is 0 Å². The van der Waals surface area contributed by atoms with Crippen molar-refractivity contribution in [2.24, 2.45) is 7.05 Å². The van der Waals surface area contributed by atoms with Gasteiger partial charge in [-0.15, -0.1) is 10.2 Å². The van der Waals surface area contributed by atoms with Gasteiger partial charge in [0, 0.05) is 20.1 Å². The number of ether oxygens (including phenoxy) is 1. The predicted molar refractivity (Wildman–Crippen MR) is 116 cm³/mol. The summed E-state index contributed by atoms with van der Waals surface area (Å²) in [6, 6.07) is 7.69. The number of anilines is 1. The molecule has 4 rings (SSSR count). The number of piperidine rings is 1. The van der Waals surface area contributed by atoms with Crippen LogP contribution in [0.3, 0.4) is 0 Å². The number of thioether (sulfide) groups is 1. The minimum Gasteiger partial charge on any atom is -0.496 e. The van der Waals surface area contributed by atoms with Crippen LogP contribution in [0.5, 0.6) is 5.75 Å². The first kappa shape index (κ1) is 19.9. The van der Waals surface area contributed by atoms with Crippen molar-refractivity contribution in [2.75, 3.05) is 30.9 Å². The van der Waals surface area contributed by atoms with Gasteiger partial charge in [-0.3, -0.25) is 4.79 Å². The number of hydrogen-bond acceptors (Lipinski definition) is 8. The van der Waals surface area contributed by atoms with Gasteiger partial charge < -0.3 is 14.2 Å². The van der Waals surface area contributed by atoms with E-state index in [-0.39, 0.29) is 5.78 Å². The topological polar surface area (TPSA) is 73.1 Å². The molecular weight excluding hydrogens is 406 g/mol. The van der Waals surface area contributed by atoms with E-state index >= 15 is 0 Å². The number of carbonyl (C=O) groups is 1. The second-order valence-electron chi connectivity index (χ2n) is 6.83. The van der Waals surface area contributed by atoms with Gasteiger partial charge in [0.2, 0.25) is 0 Å². The van der Waals surface area contributed by atoms with E-state index in [2.05, 4.69) is 20.1 Å². The number of methoxy groups -OCH3 is 1. The van der Waals surface area contributed by atoms with Gasteiger partial charge in [0.05, 0.1) is 29.5 Å². The zero-order chi connectivity index (χ0) is 20.2. The van der Waals surface area contributed by atoms with E-state index in [1.165, 1.54) is 42.4 Å². The van der Waals surface area contributed by atoms with E-state index in [1.54, 1.807) is 13.3 Å². The van der Waals surface area contributed by atoms with Crippen molar-refractivity contribution in [3.8, 4) is 17.1 Å². The zero-order valence-electron chi connectivity index (χ0n) is 16.5. The largest absolute Gasteiger partial charge is 0.496 e. The molecule has 0 N–H and O–H groups in total. The monoisotopic (exact) mass is 429 g/mol. The maximum Gasteiger partial charge on any atom is 0.191 e.